The maximum Gasteiger partial charge on any atom is 0.356 e. The quantitative estimate of drug-likeness (QED) is 0.430. The van der Waals surface area contributed by atoms with E-state index in [-0.39, 0.29) is 11.3 Å². The maximum atomic E-state index is 12.7. The Kier molecular flexibility index (Phi) is 5.08. The summed E-state index contributed by atoms with van der Waals surface area (Å²) in [6, 6.07) is 16.3. The summed E-state index contributed by atoms with van der Waals surface area (Å²) in [6.07, 6.45) is 0. The number of rotatable bonds is 4. The molecule has 0 fully saturated rings. The molecule has 2 aromatic heterocycles. The Morgan fingerprint density at radius 3 is 2.34 bits per heavy atom. The lowest BCUT2D eigenvalue weighted by Crippen LogP contribution is -2.15. The summed E-state index contributed by atoms with van der Waals surface area (Å²) in [5.41, 5.74) is 2.31. The van der Waals surface area contributed by atoms with E-state index >= 15 is 0 Å². The molecule has 0 radical (unpaired) electrons. The van der Waals surface area contributed by atoms with Crippen LogP contribution in [0.4, 0.5) is 0 Å². The van der Waals surface area contributed by atoms with Crippen molar-refractivity contribution < 1.29 is 19.1 Å². The van der Waals surface area contributed by atoms with E-state index in [2.05, 4.69) is 4.98 Å². The molecule has 0 aliphatic rings. The molecule has 4 rings (SSSR count). The van der Waals surface area contributed by atoms with Crippen LogP contribution in [0.2, 0.25) is 5.02 Å². The van der Waals surface area contributed by atoms with Crippen molar-refractivity contribution in [2.75, 3.05) is 14.2 Å². The van der Waals surface area contributed by atoms with Gasteiger partial charge < -0.3 is 9.47 Å². The molecule has 0 N–H and O–H groups in total. The highest BCUT2D eigenvalue weighted by Gasteiger charge is 2.29. The number of aromatic nitrogens is 2. The van der Waals surface area contributed by atoms with Crippen LogP contribution in [0, 0.1) is 0 Å². The van der Waals surface area contributed by atoms with Crippen LogP contribution in [0.15, 0.2) is 54.6 Å². The van der Waals surface area contributed by atoms with E-state index in [1.807, 2.05) is 36.4 Å². The van der Waals surface area contributed by atoms with Gasteiger partial charge in [0.2, 0.25) is 0 Å². The van der Waals surface area contributed by atoms with E-state index in [1.165, 1.54) is 25.6 Å². The SMILES string of the molecule is COC(=O)c1cc(-c2ccc(Cl)cc2)n(-c2nc3ccccc3s2)c1C(=O)OC. The van der Waals surface area contributed by atoms with Crippen LogP contribution in [0.25, 0.3) is 26.6 Å². The first kappa shape index (κ1) is 19.2. The zero-order valence-corrected chi connectivity index (χ0v) is 17.1. The van der Waals surface area contributed by atoms with Crippen LogP contribution in [0.1, 0.15) is 20.8 Å². The Bertz CT molecular complexity index is 1190. The van der Waals surface area contributed by atoms with E-state index in [1.54, 1.807) is 22.8 Å². The molecule has 6 nitrogen and oxygen atoms in total. The monoisotopic (exact) mass is 426 g/mol. The number of carbonyl (C=O) groups is 2. The number of esters is 2. The van der Waals surface area contributed by atoms with Gasteiger partial charge in [-0.25, -0.2) is 14.6 Å². The summed E-state index contributed by atoms with van der Waals surface area (Å²) in [5.74, 6) is -1.30. The van der Waals surface area contributed by atoms with Crippen molar-refractivity contribution in [1.29, 1.82) is 0 Å². The van der Waals surface area contributed by atoms with Crippen molar-refractivity contribution in [2.24, 2.45) is 0 Å². The normalized spacial score (nSPS) is 10.9. The predicted octanol–water partition coefficient (Wildman–Crippen LogP) is 4.98. The molecule has 2 aromatic carbocycles. The van der Waals surface area contributed by atoms with Crippen LogP contribution in [0.3, 0.4) is 0 Å². The van der Waals surface area contributed by atoms with Gasteiger partial charge in [0.05, 0.1) is 35.7 Å². The van der Waals surface area contributed by atoms with Gasteiger partial charge in [-0.15, -0.1) is 0 Å². The molecule has 0 amide bonds. The van der Waals surface area contributed by atoms with Gasteiger partial charge in [-0.3, -0.25) is 4.57 Å². The van der Waals surface area contributed by atoms with Gasteiger partial charge in [-0.1, -0.05) is 47.2 Å². The largest absolute Gasteiger partial charge is 0.465 e. The van der Waals surface area contributed by atoms with Crippen LogP contribution >= 0.6 is 22.9 Å². The maximum absolute atomic E-state index is 12.7. The number of methoxy groups -OCH3 is 2. The minimum Gasteiger partial charge on any atom is -0.465 e. The van der Waals surface area contributed by atoms with Crippen molar-refractivity contribution in [3.8, 4) is 16.4 Å². The van der Waals surface area contributed by atoms with Gasteiger partial charge in [0.1, 0.15) is 5.69 Å². The second-order valence-corrected chi connectivity index (χ2v) is 7.53. The zero-order valence-electron chi connectivity index (χ0n) is 15.5. The number of ether oxygens (including phenoxy) is 2. The molecular weight excluding hydrogens is 412 g/mol. The average molecular weight is 427 g/mol. The molecule has 0 saturated carbocycles. The van der Waals surface area contributed by atoms with Crippen molar-refractivity contribution >= 4 is 45.1 Å². The summed E-state index contributed by atoms with van der Waals surface area (Å²) in [5, 5.41) is 1.11. The third kappa shape index (κ3) is 3.39. The van der Waals surface area contributed by atoms with Crippen molar-refractivity contribution in [3.63, 3.8) is 0 Å². The first-order valence-corrected chi connectivity index (χ1v) is 9.77. The fraction of sp³-hybridized carbons (Fsp3) is 0.0952. The molecule has 0 atom stereocenters. The number of nitrogens with zero attached hydrogens (tertiary/aromatic N) is 2. The van der Waals surface area contributed by atoms with E-state index in [0.29, 0.717) is 15.8 Å². The number of benzene rings is 2. The minimum atomic E-state index is -0.662. The predicted molar refractivity (Wildman–Crippen MR) is 112 cm³/mol. The van der Waals surface area contributed by atoms with Gasteiger partial charge in [0.25, 0.3) is 0 Å². The molecule has 0 aliphatic heterocycles. The summed E-state index contributed by atoms with van der Waals surface area (Å²) in [6.45, 7) is 0. The Morgan fingerprint density at radius 2 is 1.69 bits per heavy atom. The molecule has 0 bridgehead atoms. The van der Waals surface area contributed by atoms with E-state index in [0.717, 1.165) is 15.8 Å². The van der Waals surface area contributed by atoms with Gasteiger partial charge in [-0.2, -0.15) is 0 Å². The number of carbonyl (C=O) groups excluding carboxylic acids is 2. The standard InChI is InChI=1S/C21H15ClN2O4S/c1-27-19(25)14-11-16(12-7-9-13(22)10-8-12)24(18(14)20(26)28-2)21-23-15-5-3-4-6-17(15)29-21/h3-11H,1-2H3. The first-order valence-electron chi connectivity index (χ1n) is 8.57. The Hall–Kier alpha value is -3.16. The number of para-hydroxylation sites is 1. The van der Waals surface area contributed by atoms with Crippen LogP contribution in [0.5, 0.6) is 0 Å². The van der Waals surface area contributed by atoms with Crippen LogP contribution < -0.4 is 0 Å². The average Bonchev–Trinajstić information content (AvgIpc) is 3.34. The molecule has 2 heterocycles. The third-order valence-corrected chi connectivity index (χ3v) is 5.67. The molecule has 0 aliphatic carbocycles. The van der Waals surface area contributed by atoms with Crippen molar-refractivity contribution in [3.05, 3.63) is 70.9 Å². The number of hydrogen-bond donors (Lipinski definition) is 0. The lowest BCUT2D eigenvalue weighted by atomic mass is 10.1. The number of hydrogen-bond acceptors (Lipinski definition) is 6. The molecule has 4 aromatic rings. The highest BCUT2D eigenvalue weighted by Crippen LogP contribution is 2.34. The van der Waals surface area contributed by atoms with Crippen molar-refractivity contribution in [2.45, 2.75) is 0 Å². The Morgan fingerprint density at radius 1 is 1.00 bits per heavy atom. The third-order valence-electron chi connectivity index (χ3n) is 4.40. The summed E-state index contributed by atoms with van der Waals surface area (Å²) in [7, 11) is 2.53. The van der Waals surface area contributed by atoms with Crippen LogP contribution in [-0.2, 0) is 9.47 Å². The Balaban J connectivity index is 2.06. The smallest absolute Gasteiger partial charge is 0.356 e. The van der Waals surface area contributed by atoms with Crippen LogP contribution in [-0.4, -0.2) is 35.7 Å². The highest BCUT2D eigenvalue weighted by atomic mass is 35.5. The second kappa shape index (κ2) is 7.69. The summed E-state index contributed by atoms with van der Waals surface area (Å²) < 4.78 is 12.4. The molecule has 0 saturated heterocycles. The Labute approximate surface area is 175 Å². The molecule has 146 valence electrons. The van der Waals surface area contributed by atoms with Gasteiger partial charge in [0, 0.05) is 5.02 Å². The molecule has 29 heavy (non-hydrogen) atoms. The minimum absolute atomic E-state index is 0.0587. The van der Waals surface area contributed by atoms with E-state index in [4.69, 9.17) is 21.1 Å². The van der Waals surface area contributed by atoms with E-state index in [9.17, 15) is 9.59 Å². The van der Waals surface area contributed by atoms with Crippen molar-refractivity contribution in [1.82, 2.24) is 9.55 Å². The number of thiazole rings is 1. The molecular formula is C21H15ClN2O4S. The zero-order chi connectivity index (χ0) is 20.5. The number of fused-ring (bicyclic) bond motifs is 1. The van der Waals surface area contributed by atoms with Gasteiger partial charge >= 0.3 is 11.9 Å². The highest BCUT2D eigenvalue weighted by molar-refractivity contribution is 7.20. The van der Waals surface area contributed by atoms with Gasteiger partial charge in [0.15, 0.2) is 5.13 Å². The lowest BCUT2D eigenvalue weighted by molar-refractivity contribution is 0.0549. The fourth-order valence-corrected chi connectivity index (χ4v) is 4.17. The summed E-state index contributed by atoms with van der Waals surface area (Å²) >= 11 is 7.43. The van der Waals surface area contributed by atoms with Gasteiger partial charge in [-0.05, 0) is 35.9 Å². The topological polar surface area (TPSA) is 70.4 Å². The molecule has 0 spiro atoms. The lowest BCUT2D eigenvalue weighted by Gasteiger charge is -2.10. The first-order chi connectivity index (χ1) is 14.0. The second-order valence-electron chi connectivity index (χ2n) is 6.08. The fourth-order valence-electron chi connectivity index (χ4n) is 3.06. The molecule has 0 unspecified atom stereocenters. The molecule has 8 heteroatoms. The number of halogens is 1. The van der Waals surface area contributed by atoms with E-state index < -0.39 is 11.9 Å². The summed E-state index contributed by atoms with van der Waals surface area (Å²) in [4.78, 5) is 29.8.